The minimum atomic E-state index is -0.276. The van der Waals surface area contributed by atoms with E-state index in [1.54, 1.807) is 23.9 Å². The van der Waals surface area contributed by atoms with Gasteiger partial charge in [-0.2, -0.15) is 0 Å². The van der Waals surface area contributed by atoms with Crippen molar-refractivity contribution in [3.05, 3.63) is 54.3 Å². The van der Waals surface area contributed by atoms with Gasteiger partial charge in [-0.3, -0.25) is 10.1 Å². The molecule has 0 bridgehead atoms. The fourth-order valence-corrected chi connectivity index (χ4v) is 3.62. The van der Waals surface area contributed by atoms with Crippen LogP contribution in [0.15, 0.2) is 62.7 Å². The average Bonchev–Trinajstić information content (AvgIpc) is 3.11. The van der Waals surface area contributed by atoms with E-state index in [-0.39, 0.29) is 24.2 Å². The zero-order valence-corrected chi connectivity index (χ0v) is 15.6. The summed E-state index contributed by atoms with van der Waals surface area (Å²) in [6.07, 6.45) is 2.25. The topological polar surface area (TPSA) is 68.0 Å². The molecule has 134 valence electrons. The van der Waals surface area contributed by atoms with E-state index in [9.17, 15) is 9.18 Å². The van der Waals surface area contributed by atoms with E-state index < -0.39 is 0 Å². The summed E-state index contributed by atoms with van der Waals surface area (Å²) in [5.41, 5.74) is 0.833. The second-order valence-electron chi connectivity index (χ2n) is 5.21. The van der Waals surface area contributed by atoms with E-state index in [1.165, 1.54) is 23.9 Å². The number of aromatic nitrogens is 2. The van der Waals surface area contributed by atoms with E-state index >= 15 is 0 Å². The maximum atomic E-state index is 12.9. The Bertz CT molecular complexity index is 884. The minimum Gasteiger partial charge on any atom is -0.403 e. The Kier molecular flexibility index (Phi) is 6.30. The summed E-state index contributed by atoms with van der Waals surface area (Å²) in [4.78, 5) is 13.9. The Morgan fingerprint density at radius 3 is 2.69 bits per heavy atom. The van der Waals surface area contributed by atoms with Crippen LogP contribution in [0.1, 0.15) is 6.42 Å². The van der Waals surface area contributed by atoms with Gasteiger partial charge >= 0.3 is 6.01 Å². The highest BCUT2D eigenvalue weighted by Gasteiger charge is 2.13. The average molecular weight is 389 g/mol. The minimum absolute atomic E-state index is 0.0766. The summed E-state index contributed by atoms with van der Waals surface area (Å²) in [6.45, 7) is 0. The molecule has 0 radical (unpaired) electrons. The summed E-state index contributed by atoms with van der Waals surface area (Å²) in [7, 11) is 0. The molecular formula is C18H16FN3O2S2. The zero-order chi connectivity index (χ0) is 18.4. The third kappa shape index (κ3) is 4.86. The van der Waals surface area contributed by atoms with Gasteiger partial charge in [0, 0.05) is 22.0 Å². The number of hydrogen-bond donors (Lipinski definition) is 1. The summed E-state index contributed by atoms with van der Waals surface area (Å²) < 4.78 is 18.4. The molecule has 1 N–H and O–H groups in total. The van der Waals surface area contributed by atoms with Crippen LogP contribution in [0.25, 0.3) is 11.5 Å². The maximum Gasteiger partial charge on any atom is 0.322 e. The Morgan fingerprint density at radius 1 is 1.15 bits per heavy atom. The van der Waals surface area contributed by atoms with Gasteiger partial charge in [-0.1, -0.05) is 17.2 Å². The van der Waals surface area contributed by atoms with E-state index in [1.807, 2.05) is 30.5 Å². The fourth-order valence-electron chi connectivity index (χ4n) is 2.18. The third-order valence-corrected chi connectivity index (χ3v) is 5.23. The monoisotopic (exact) mass is 389 g/mol. The smallest absolute Gasteiger partial charge is 0.322 e. The van der Waals surface area contributed by atoms with Crippen LogP contribution < -0.4 is 5.32 Å². The first-order valence-corrected chi connectivity index (χ1v) is 10.0. The second-order valence-corrected chi connectivity index (χ2v) is 7.23. The van der Waals surface area contributed by atoms with Gasteiger partial charge in [0.15, 0.2) is 0 Å². The number of benzene rings is 2. The molecule has 1 amide bonds. The van der Waals surface area contributed by atoms with Crippen molar-refractivity contribution < 1.29 is 13.6 Å². The summed E-state index contributed by atoms with van der Waals surface area (Å²) in [5.74, 6) is 0.439. The predicted octanol–water partition coefficient (Wildman–Crippen LogP) is 4.72. The molecule has 8 heteroatoms. The largest absolute Gasteiger partial charge is 0.403 e. The number of thioether (sulfide) groups is 2. The van der Waals surface area contributed by atoms with Gasteiger partial charge in [0.05, 0.1) is 5.56 Å². The molecule has 3 aromatic rings. The molecule has 1 aromatic heterocycles. The summed E-state index contributed by atoms with van der Waals surface area (Å²) >= 11 is 3.06. The molecule has 2 aromatic carbocycles. The normalized spacial score (nSPS) is 10.7. The third-order valence-electron chi connectivity index (χ3n) is 3.42. The molecule has 0 saturated heterocycles. The van der Waals surface area contributed by atoms with Crippen LogP contribution in [-0.2, 0) is 4.79 Å². The zero-order valence-electron chi connectivity index (χ0n) is 13.9. The molecule has 0 spiro atoms. The molecule has 0 fully saturated rings. The first-order chi connectivity index (χ1) is 12.7. The first kappa shape index (κ1) is 18.5. The summed E-state index contributed by atoms with van der Waals surface area (Å²) in [6, 6.07) is 13.9. The molecule has 0 saturated carbocycles. The number of anilines is 1. The predicted molar refractivity (Wildman–Crippen MR) is 102 cm³/mol. The molecule has 0 aliphatic rings. The number of nitrogens with one attached hydrogen (secondary N) is 1. The van der Waals surface area contributed by atoms with Crippen LogP contribution in [0.2, 0.25) is 0 Å². The Morgan fingerprint density at radius 2 is 1.92 bits per heavy atom. The van der Waals surface area contributed by atoms with Crippen LogP contribution >= 0.6 is 23.5 Å². The van der Waals surface area contributed by atoms with Crippen molar-refractivity contribution in [1.82, 2.24) is 10.2 Å². The number of carbonyl (C=O) groups excluding carboxylic acids is 1. The van der Waals surface area contributed by atoms with Crippen LogP contribution in [-0.4, -0.2) is 28.1 Å². The lowest BCUT2D eigenvalue weighted by atomic mass is 10.2. The van der Waals surface area contributed by atoms with Crippen molar-refractivity contribution in [1.29, 1.82) is 0 Å². The van der Waals surface area contributed by atoms with Gasteiger partial charge in [0.2, 0.25) is 5.91 Å². The molecule has 0 atom stereocenters. The molecular weight excluding hydrogens is 373 g/mol. The Balaban J connectivity index is 1.53. The van der Waals surface area contributed by atoms with Crippen LogP contribution in [0.4, 0.5) is 10.4 Å². The number of rotatable bonds is 7. The van der Waals surface area contributed by atoms with Gasteiger partial charge in [-0.15, -0.1) is 28.6 Å². The van der Waals surface area contributed by atoms with E-state index in [4.69, 9.17) is 4.42 Å². The lowest BCUT2D eigenvalue weighted by Crippen LogP contribution is -2.12. The van der Waals surface area contributed by atoms with Gasteiger partial charge < -0.3 is 4.42 Å². The van der Waals surface area contributed by atoms with Crippen LogP contribution in [0.3, 0.4) is 0 Å². The van der Waals surface area contributed by atoms with Crippen molar-refractivity contribution >= 4 is 35.4 Å². The van der Waals surface area contributed by atoms with Gasteiger partial charge in [0.25, 0.3) is 5.89 Å². The molecule has 5 nitrogen and oxygen atoms in total. The van der Waals surface area contributed by atoms with Crippen molar-refractivity contribution in [3.63, 3.8) is 0 Å². The van der Waals surface area contributed by atoms with Crippen molar-refractivity contribution in [3.8, 4) is 11.5 Å². The van der Waals surface area contributed by atoms with E-state index in [0.29, 0.717) is 11.6 Å². The number of carbonyl (C=O) groups is 1. The van der Waals surface area contributed by atoms with Gasteiger partial charge in [0.1, 0.15) is 5.82 Å². The molecule has 0 aliphatic heterocycles. The highest BCUT2D eigenvalue weighted by molar-refractivity contribution is 7.99. The van der Waals surface area contributed by atoms with Crippen molar-refractivity contribution in [2.75, 3.05) is 17.3 Å². The van der Waals surface area contributed by atoms with Crippen molar-refractivity contribution in [2.24, 2.45) is 0 Å². The molecule has 0 unspecified atom stereocenters. The second kappa shape index (κ2) is 8.86. The molecule has 0 aliphatic carbocycles. The number of hydrogen-bond acceptors (Lipinski definition) is 6. The number of halogens is 1. The lowest BCUT2D eigenvalue weighted by Gasteiger charge is -2.02. The van der Waals surface area contributed by atoms with Crippen molar-refractivity contribution in [2.45, 2.75) is 16.2 Å². The molecule has 26 heavy (non-hydrogen) atoms. The Labute approximate surface area is 158 Å². The molecule has 3 rings (SSSR count). The quantitative estimate of drug-likeness (QED) is 0.590. The maximum absolute atomic E-state index is 12.9. The molecule has 1 heterocycles. The highest BCUT2D eigenvalue weighted by Crippen LogP contribution is 2.29. The van der Waals surface area contributed by atoms with Crippen LogP contribution in [0, 0.1) is 5.82 Å². The SMILES string of the molecule is CSc1ccccc1-c1nnc(NC(=O)CCSc2ccc(F)cc2)o1. The van der Waals surface area contributed by atoms with Gasteiger partial charge in [-0.25, -0.2) is 4.39 Å². The van der Waals surface area contributed by atoms with E-state index in [2.05, 4.69) is 15.5 Å². The van der Waals surface area contributed by atoms with E-state index in [0.717, 1.165) is 15.4 Å². The Hall–Kier alpha value is -2.32. The fraction of sp³-hybridized carbons (Fsp3) is 0.167. The standard InChI is InChI=1S/C18H16FN3O2S2/c1-25-15-5-3-2-4-14(15)17-21-22-18(24-17)20-16(23)10-11-26-13-8-6-12(19)7-9-13/h2-9H,10-11H2,1H3,(H,20,22,23). The lowest BCUT2D eigenvalue weighted by molar-refractivity contribution is -0.115. The number of nitrogens with zero attached hydrogens (tertiary/aromatic N) is 2. The first-order valence-electron chi connectivity index (χ1n) is 7.81. The summed E-state index contributed by atoms with van der Waals surface area (Å²) in [5, 5.41) is 10.5. The highest BCUT2D eigenvalue weighted by atomic mass is 32.2. The van der Waals surface area contributed by atoms with Gasteiger partial charge in [-0.05, 0) is 42.7 Å². The number of amides is 1. The van der Waals surface area contributed by atoms with Crippen LogP contribution in [0.5, 0.6) is 0 Å².